The lowest BCUT2D eigenvalue weighted by atomic mass is 9.85. The number of nitrogens with two attached hydrogens (primary N) is 1. The Bertz CT molecular complexity index is 989. The van der Waals surface area contributed by atoms with Crippen molar-refractivity contribution < 1.29 is 18.4 Å². The van der Waals surface area contributed by atoms with Crippen LogP contribution in [-0.2, 0) is 10.4 Å². The van der Waals surface area contributed by atoms with E-state index < -0.39 is 29.8 Å². The van der Waals surface area contributed by atoms with Crippen LogP contribution in [0.5, 0.6) is 0 Å². The number of pyridine rings is 1. The fourth-order valence-electron chi connectivity index (χ4n) is 3.44. The molecule has 1 aromatic carbocycles. The molecule has 2 aromatic rings. The normalized spacial score (nSPS) is 25.5. The molecule has 1 aliphatic carbocycles. The molecule has 4 N–H and O–H groups in total. The van der Waals surface area contributed by atoms with Gasteiger partial charge in [0.15, 0.2) is 5.54 Å². The molecule has 0 spiro atoms. The number of carbonyl (C=O) groups is 1. The van der Waals surface area contributed by atoms with Crippen LogP contribution >= 0.6 is 23.2 Å². The van der Waals surface area contributed by atoms with Gasteiger partial charge in [0, 0.05) is 34.4 Å². The molecule has 3 atom stereocenters. The highest BCUT2D eigenvalue weighted by molar-refractivity contribution is 6.31. The monoisotopic (exact) mass is 441 g/mol. The lowest BCUT2D eigenvalue weighted by Crippen LogP contribution is -2.38. The van der Waals surface area contributed by atoms with E-state index in [9.17, 15) is 13.6 Å². The van der Waals surface area contributed by atoms with E-state index in [0.29, 0.717) is 11.4 Å². The van der Waals surface area contributed by atoms with Crippen molar-refractivity contribution in [1.82, 2.24) is 10.5 Å². The third-order valence-corrected chi connectivity index (χ3v) is 5.47. The quantitative estimate of drug-likeness (QED) is 0.675. The summed E-state index contributed by atoms with van der Waals surface area (Å²) < 4.78 is 28.7. The molecule has 29 heavy (non-hydrogen) atoms. The molecule has 2 heterocycles. The van der Waals surface area contributed by atoms with Crippen molar-refractivity contribution in [2.45, 2.75) is 24.4 Å². The maximum absolute atomic E-state index is 14.4. The molecule has 7 nitrogen and oxygen atoms in total. The van der Waals surface area contributed by atoms with Gasteiger partial charge in [-0.1, -0.05) is 23.2 Å². The van der Waals surface area contributed by atoms with Gasteiger partial charge in [-0.15, -0.1) is 5.48 Å². The van der Waals surface area contributed by atoms with Crippen molar-refractivity contribution in [3.63, 3.8) is 0 Å². The SMILES string of the molecule is NC1=N[C@@](c2cc(NC(=O)c3ccc(Cl)cn3)ccc2Cl)(C(F)F)[C@H]2C[C@H]2NO1. The summed E-state index contributed by atoms with van der Waals surface area (Å²) >= 11 is 12.0. The molecule has 4 rings (SSSR count). The summed E-state index contributed by atoms with van der Waals surface area (Å²) in [6.07, 6.45) is -1.15. The molecular formula is C18H15Cl2F2N5O2. The van der Waals surface area contributed by atoms with Gasteiger partial charge in [-0.25, -0.2) is 18.8 Å². The zero-order valence-corrected chi connectivity index (χ0v) is 16.2. The molecule has 1 saturated carbocycles. The molecule has 2 aliphatic rings. The molecule has 11 heteroatoms. The first-order valence-electron chi connectivity index (χ1n) is 8.60. The molecule has 0 bridgehead atoms. The average Bonchev–Trinajstić information content (AvgIpc) is 3.47. The zero-order chi connectivity index (χ0) is 20.8. The van der Waals surface area contributed by atoms with E-state index in [1.54, 1.807) is 0 Å². The smallest absolute Gasteiger partial charge is 0.303 e. The molecule has 0 saturated heterocycles. The summed E-state index contributed by atoms with van der Waals surface area (Å²) in [6.45, 7) is 0. The van der Waals surface area contributed by atoms with Crippen molar-refractivity contribution in [3.8, 4) is 0 Å². The molecule has 1 fully saturated rings. The maximum Gasteiger partial charge on any atom is 0.303 e. The van der Waals surface area contributed by atoms with Gasteiger partial charge in [0.2, 0.25) is 0 Å². The van der Waals surface area contributed by atoms with Gasteiger partial charge in [-0.2, -0.15) is 0 Å². The Morgan fingerprint density at radius 1 is 1.34 bits per heavy atom. The van der Waals surface area contributed by atoms with Gasteiger partial charge in [-0.05, 0) is 36.8 Å². The number of carbonyl (C=O) groups excluding carboxylic acids is 1. The van der Waals surface area contributed by atoms with E-state index >= 15 is 0 Å². The highest BCUT2D eigenvalue weighted by Crippen LogP contribution is 2.54. The lowest BCUT2D eigenvalue weighted by molar-refractivity contribution is 0.0389. The minimum Gasteiger partial charge on any atom is -0.371 e. The van der Waals surface area contributed by atoms with Crippen molar-refractivity contribution >= 4 is 40.8 Å². The number of anilines is 1. The Balaban J connectivity index is 1.71. The van der Waals surface area contributed by atoms with Crippen LogP contribution in [0.3, 0.4) is 0 Å². The molecule has 1 aliphatic heterocycles. The second kappa shape index (κ2) is 7.40. The minimum atomic E-state index is -2.90. The van der Waals surface area contributed by atoms with Crippen LogP contribution in [0.25, 0.3) is 0 Å². The molecule has 1 amide bonds. The number of hydroxylamine groups is 1. The standard InChI is InChI=1S/C18H15Cl2F2N5O2/c19-8-1-4-13(24-7-8)15(28)25-9-2-3-12(20)10(5-9)18(16(21)22)11-6-14(11)27-29-17(23)26-18/h1-5,7,11,14,16,27H,6H2,(H2,23,26)(H,25,28)/t11-,14+,18+/m0/s1. The van der Waals surface area contributed by atoms with Gasteiger partial charge in [0.1, 0.15) is 5.69 Å². The molecular weight excluding hydrogens is 427 g/mol. The number of alkyl halides is 2. The number of benzene rings is 1. The fourth-order valence-corrected chi connectivity index (χ4v) is 3.82. The summed E-state index contributed by atoms with van der Waals surface area (Å²) in [5, 5.41) is 3.08. The zero-order valence-electron chi connectivity index (χ0n) is 14.7. The number of aromatic nitrogens is 1. The van der Waals surface area contributed by atoms with Crippen molar-refractivity contribution in [2.24, 2.45) is 16.6 Å². The van der Waals surface area contributed by atoms with Crippen LogP contribution in [0.1, 0.15) is 22.5 Å². The highest BCUT2D eigenvalue weighted by atomic mass is 35.5. The number of aliphatic imine (C=N–C) groups is 1. The summed E-state index contributed by atoms with van der Waals surface area (Å²) in [5.74, 6) is -1.09. The molecule has 0 unspecified atom stereocenters. The van der Waals surface area contributed by atoms with E-state index in [1.807, 2.05) is 0 Å². The van der Waals surface area contributed by atoms with E-state index in [2.05, 4.69) is 20.8 Å². The number of fused-ring (bicyclic) bond motifs is 1. The fraction of sp³-hybridized carbons (Fsp3) is 0.278. The summed E-state index contributed by atoms with van der Waals surface area (Å²) in [7, 11) is 0. The Kier molecular flexibility index (Phi) is 5.05. The van der Waals surface area contributed by atoms with Gasteiger partial charge in [0.05, 0.1) is 5.02 Å². The number of nitrogens with zero attached hydrogens (tertiary/aromatic N) is 2. The van der Waals surface area contributed by atoms with Gasteiger partial charge in [-0.3, -0.25) is 4.79 Å². The number of amidine groups is 1. The summed E-state index contributed by atoms with van der Waals surface area (Å²) in [5.41, 5.74) is 6.68. The topological polar surface area (TPSA) is 102 Å². The molecule has 1 aromatic heterocycles. The summed E-state index contributed by atoms with van der Waals surface area (Å²) in [4.78, 5) is 25.3. The van der Waals surface area contributed by atoms with Crippen LogP contribution in [0.15, 0.2) is 41.5 Å². The van der Waals surface area contributed by atoms with Crippen molar-refractivity contribution in [1.29, 1.82) is 0 Å². The van der Waals surface area contributed by atoms with Crippen LogP contribution in [0, 0.1) is 5.92 Å². The Hall–Kier alpha value is -2.49. The third kappa shape index (κ3) is 3.61. The third-order valence-electron chi connectivity index (χ3n) is 4.91. The van der Waals surface area contributed by atoms with Crippen LogP contribution in [-0.4, -0.2) is 29.4 Å². The Labute approximate surface area is 174 Å². The molecule has 0 radical (unpaired) electrons. The van der Waals surface area contributed by atoms with E-state index in [0.717, 1.165) is 0 Å². The van der Waals surface area contributed by atoms with Crippen LogP contribution < -0.4 is 16.5 Å². The Morgan fingerprint density at radius 3 is 2.83 bits per heavy atom. The van der Waals surface area contributed by atoms with Crippen LogP contribution in [0.4, 0.5) is 14.5 Å². The number of halogens is 4. The first-order valence-corrected chi connectivity index (χ1v) is 9.35. The predicted octanol–water partition coefficient (Wildman–Crippen LogP) is 3.34. The van der Waals surface area contributed by atoms with E-state index in [-0.39, 0.29) is 28.0 Å². The predicted molar refractivity (Wildman–Crippen MR) is 104 cm³/mol. The van der Waals surface area contributed by atoms with Crippen LogP contribution in [0.2, 0.25) is 10.0 Å². The lowest BCUT2D eigenvalue weighted by Gasteiger charge is -2.30. The number of rotatable bonds is 4. The van der Waals surface area contributed by atoms with Gasteiger partial charge < -0.3 is 15.9 Å². The first-order chi connectivity index (χ1) is 13.8. The number of nitrogens with one attached hydrogen (secondary N) is 2. The number of hydrogen-bond donors (Lipinski definition) is 3. The van der Waals surface area contributed by atoms with Gasteiger partial charge in [0.25, 0.3) is 12.3 Å². The van der Waals surface area contributed by atoms with Crippen molar-refractivity contribution in [3.05, 3.63) is 57.8 Å². The maximum atomic E-state index is 14.4. The van der Waals surface area contributed by atoms with E-state index in [4.69, 9.17) is 33.8 Å². The van der Waals surface area contributed by atoms with E-state index in [1.165, 1.54) is 36.5 Å². The second-order valence-corrected chi connectivity index (χ2v) is 7.60. The number of hydrogen-bond acceptors (Lipinski definition) is 6. The molecule has 152 valence electrons. The Morgan fingerprint density at radius 2 is 2.14 bits per heavy atom. The van der Waals surface area contributed by atoms with Crippen molar-refractivity contribution in [2.75, 3.05) is 5.32 Å². The summed E-state index contributed by atoms with van der Waals surface area (Å²) in [6, 6.07) is 6.53. The average molecular weight is 442 g/mol. The largest absolute Gasteiger partial charge is 0.371 e. The minimum absolute atomic E-state index is 0.0544. The van der Waals surface area contributed by atoms with Gasteiger partial charge >= 0.3 is 6.02 Å². The first kappa shape index (κ1) is 19.8. The number of amides is 1. The second-order valence-electron chi connectivity index (χ2n) is 6.76. The highest BCUT2D eigenvalue weighted by Gasteiger charge is 2.62.